The zero-order chi connectivity index (χ0) is 15.7. The number of halogens is 2. The first-order chi connectivity index (χ1) is 10.5. The fourth-order valence-electron chi connectivity index (χ4n) is 2.80. The van der Waals surface area contributed by atoms with Crippen LogP contribution in [0.15, 0.2) is 36.7 Å². The second-order valence-corrected chi connectivity index (χ2v) is 5.60. The Labute approximate surface area is 126 Å². The van der Waals surface area contributed by atoms with Gasteiger partial charge in [0.25, 0.3) is 5.91 Å². The molecule has 0 aliphatic heterocycles. The molecule has 0 saturated heterocycles. The maximum Gasteiger partial charge on any atom is 0.253 e. The Kier molecular flexibility index (Phi) is 3.94. The number of H-pyrrole nitrogens is 1. The molecule has 2 aromatic rings. The lowest BCUT2D eigenvalue weighted by molar-refractivity contribution is 0.0229. The van der Waals surface area contributed by atoms with E-state index >= 15 is 0 Å². The summed E-state index contributed by atoms with van der Waals surface area (Å²) >= 11 is 0. The van der Waals surface area contributed by atoms with Crippen molar-refractivity contribution in [3.63, 3.8) is 0 Å². The standard InChI is InChI=1S/C16H16F2N2O2/c17-11-1-2-13(14(18)7-11)15(10-5-12(21)6-10)20-16(22)9-3-4-19-8-9/h1-4,7-8,10,12,15,19,21H,5-6H2,(H,20,22). The van der Waals surface area contributed by atoms with Crippen LogP contribution in [0.5, 0.6) is 0 Å². The highest BCUT2D eigenvalue weighted by Crippen LogP contribution is 2.39. The minimum absolute atomic E-state index is 0.0714. The molecule has 1 saturated carbocycles. The SMILES string of the molecule is O=C(NC(c1ccc(F)cc1F)C1CC(O)C1)c1cc[nH]c1. The smallest absolute Gasteiger partial charge is 0.253 e. The second kappa shape index (κ2) is 5.88. The molecule has 1 amide bonds. The Morgan fingerprint density at radius 3 is 2.68 bits per heavy atom. The van der Waals surface area contributed by atoms with Gasteiger partial charge in [0.1, 0.15) is 11.6 Å². The molecule has 1 aliphatic carbocycles. The van der Waals surface area contributed by atoms with E-state index in [9.17, 15) is 18.7 Å². The Morgan fingerprint density at radius 2 is 2.09 bits per heavy atom. The summed E-state index contributed by atoms with van der Waals surface area (Å²) in [6.07, 6.45) is 3.70. The van der Waals surface area contributed by atoms with Crippen LogP contribution >= 0.6 is 0 Å². The lowest BCUT2D eigenvalue weighted by Crippen LogP contribution is -2.41. The Balaban J connectivity index is 1.85. The molecule has 1 fully saturated rings. The van der Waals surface area contributed by atoms with E-state index in [0.717, 1.165) is 6.07 Å². The van der Waals surface area contributed by atoms with E-state index in [2.05, 4.69) is 10.3 Å². The molecule has 0 spiro atoms. The topological polar surface area (TPSA) is 65.1 Å². The monoisotopic (exact) mass is 306 g/mol. The molecule has 1 aromatic heterocycles. The van der Waals surface area contributed by atoms with Crippen LogP contribution in [0.3, 0.4) is 0 Å². The van der Waals surface area contributed by atoms with Crippen LogP contribution < -0.4 is 5.32 Å². The summed E-state index contributed by atoms with van der Waals surface area (Å²) in [6.45, 7) is 0. The summed E-state index contributed by atoms with van der Waals surface area (Å²) in [7, 11) is 0. The van der Waals surface area contributed by atoms with Crippen molar-refractivity contribution >= 4 is 5.91 Å². The summed E-state index contributed by atoms with van der Waals surface area (Å²) in [4.78, 5) is 15.0. The highest BCUT2D eigenvalue weighted by atomic mass is 19.1. The molecule has 1 unspecified atom stereocenters. The van der Waals surface area contributed by atoms with E-state index in [-0.39, 0.29) is 17.4 Å². The molecule has 1 heterocycles. The van der Waals surface area contributed by atoms with E-state index in [0.29, 0.717) is 18.4 Å². The Morgan fingerprint density at radius 1 is 1.32 bits per heavy atom. The van der Waals surface area contributed by atoms with Crippen molar-refractivity contribution < 1.29 is 18.7 Å². The van der Waals surface area contributed by atoms with Crippen molar-refractivity contribution in [3.05, 3.63) is 59.4 Å². The zero-order valence-electron chi connectivity index (χ0n) is 11.7. The minimum atomic E-state index is -0.694. The molecule has 3 rings (SSSR count). The maximum atomic E-state index is 14.1. The molecule has 22 heavy (non-hydrogen) atoms. The maximum absolute atomic E-state index is 14.1. The number of aliphatic hydroxyl groups is 1. The van der Waals surface area contributed by atoms with E-state index in [1.54, 1.807) is 18.5 Å². The first-order valence-corrected chi connectivity index (χ1v) is 7.11. The summed E-state index contributed by atoms with van der Waals surface area (Å²) in [6, 6.07) is 4.34. The number of aromatic nitrogens is 1. The zero-order valence-corrected chi connectivity index (χ0v) is 11.7. The highest BCUT2D eigenvalue weighted by molar-refractivity contribution is 5.94. The normalized spacial score (nSPS) is 22.0. The van der Waals surface area contributed by atoms with Crippen LogP contribution in [0, 0.1) is 17.6 Å². The predicted octanol–water partition coefficient (Wildman–Crippen LogP) is 2.53. The van der Waals surface area contributed by atoms with E-state index in [4.69, 9.17) is 0 Å². The first kappa shape index (κ1) is 14.7. The average Bonchev–Trinajstić information content (AvgIpc) is 2.96. The van der Waals surface area contributed by atoms with Gasteiger partial charge >= 0.3 is 0 Å². The Bertz CT molecular complexity index is 667. The summed E-state index contributed by atoms with van der Waals surface area (Å²) in [5.41, 5.74) is 0.676. The van der Waals surface area contributed by atoms with Crippen molar-refractivity contribution in [2.45, 2.75) is 25.0 Å². The fourth-order valence-corrected chi connectivity index (χ4v) is 2.80. The summed E-state index contributed by atoms with van der Waals surface area (Å²) in [5.74, 6) is -1.76. The number of hydrogen-bond acceptors (Lipinski definition) is 2. The lowest BCUT2D eigenvalue weighted by atomic mass is 9.75. The van der Waals surface area contributed by atoms with Gasteiger partial charge in [0.05, 0.1) is 17.7 Å². The van der Waals surface area contributed by atoms with Gasteiger partial charge in [-0.1, -0.05) is 6.07 Å². The number of hydrogen-bond donors (Lipinski definition) is 3. The van der Waals surface area contributed by atoms with Gasteiger partial charge in [0, 0.05) is 24.0 Å². The van der Waals surface area contributed by atoms with Crippen molar-refractivity contribution in [2.75, 3.05) is 0 Å². The average molecular weight is 306 g/mol. The highest BCUT2D eigenvalue weighted by Gasteiger charge is 2.37. The number of aliphatic hydroxyl groups excluding tert-OH is 1. The van der Waals surface area contributed by atoms with Crippen LogP contribution in [0.1, 0.15) is 34.8 Å². The van der Waals surface area contributed by atoms with E-state index < -0.39 is 23.8 Å². The van der Waals surface area contributed by atoms with Gasteiger partial charge in [-0.25, -0.2) is 8.78 Å². The molecule has 1 aliphatic rings. The summed E-state index contributed by atoms with van der Waals surface area (Å²) in [5, 5.41) is 12.3. The van der Waals surface area contributed by atoms with Gasteiger partial charge in [-0.2, -0.15) is 0 Å². The van der Waals surface area contributed by atoms with Crippen LogP contribution in [0.25, 0.3) is 0 Å². The van der Waals surface area contributed by atoms with Gasteiger partial charge in [0.15, 0.2) is 0 Å². The number of nitrogens with one attached hydrogen (secondary N) is 2. The van der Waals surface area contributed by atoms with Gasteiger partial charge in [-0.15, -0.1) is 0 Å². The third kappa shape index (κ3) is 2.87. The van der Waals surface area contributed by atoms with Crippen molar-refractivity contribution in [3.8, 4) is 0 Å². The lowest BCUT2D eigenvalue weighted by Gasteiger charge is -2.38. The third-order valence-electron chi connectivity index (χ3n) is 4.07. The van der Waals surface area contributed by atoms with Gasteiger partial charge in [-0.3, -0.25) is 4.79 Å². The molecule has 1 aromatic carbocycles. The van der Waals surface area contributed by atoms with E-state index in [1.807, 2.05) is 0 Å². The van der Waals surface area contributed by atoms with Gasteiger partial charge < -0.3 is 15.4 Å². The molecule has 116 valence electrons. The molecule has 6 heteroatoms. The third-order valence-corrected chi connectivity index (χ3v) is 4.07. The van der Waals surface area contributed by atoms with Crippen molar-refractivity contribution in [1.82, 2.24) is 10.3 Å². The van der Waals surface area contributed by atoms with Crippen LogP contribution in [-0.4, -0.2) is 22.1 Å². The van der Waals surface area contributed by atoms with Crippen LogP contribution in [0.2, 0.25) is 0 Å². The van der Waals surface area contributed by atoms with Gasteiger partial charge in [0.2, 0.25) is 0 Å². The molecular weight excluding hydrogens is 290 g/mol. The van der Waals surface area contributed by atoms with Crippen LogP contribution in [0.4, 0.5) is 8.78 Å². The first-order valence-electron chi connectivity index (χ1n) is 7.11. The Hall–Kier alpha value is -2.21. The van der Waals surface area contributed by atoms with Crippen LogP contribution in [-0.2, 0) is 0 Å². The number of aromatic amines is 1. The molecule has 0 bridgehead atoms. The second-order valence-electron chi connectivity index (χ2n) is 5.60. The number of rotatable bonds is 4. The largest absolute Gasteiger partial charge is 0.393 e. The molecular formula is C16H16F2N2O2. The van der Waals surface area contributed by atoms with Crippen molar-refractivity contribution in [1.29, 1.82) is 0 Å². The number of carbonyl (C=O) groups excluding carboxylic acids is 1. The molecule has 4 nitrogen and oxygen atoms in total. The minimum Gasteiger partial charge on any atom is -0.393 e. The fraction of sp³-hybridized carbons (Fsp3) is 0.312. The number of carbonyl (C=O) groups is 1. The number of amides is 1. The van der Waals surface area contributed by atoms with Crippen molar-refractivity contribution in [2.24, 2.45) is 5.92 Å². The molecule has 3 N–H and O–H groups in total. The molecule has 1 atom stereocenters. The summed E-state index contributed by atoms with van der Waals surface area (Å²) < 4.78 is 27.1. The predicted molar refractivity (Wildman–Crippen MR) is 76.1 cm³/mol. The van der Waals surface area contributed by atoms with E-state index in [1.165, 1.54) is 12.1 Å². The quantitative estimate of drug-likeness (QED) is 0.812. The molecule has 0 radical (unpaired) electrons. The number of benzene rings is 1. The van der Waals surface area contributed by atoms with Gasteiger partial charge in [-0.05, 0) is 30.9 Å².